The lowest BCUT2D eigenvalue weighted by Crippen LogP contribution is -2.61. The van der Waals surface area contributed by atoms with Crippen LogP contribution in [0.25, 0.3) is 10.9 Å². The molecule has 0 unspecified atom stereocenters. The van der Waals surface area contributed by atoms with Gasteiger partial charge >= 0.3 is 5.97 Å². The number of aromatic hydroxyl groups is 1. The van der Waals surface area contributed by atoms with E-state index in [1.165, 1.54) is 37.4 Å². The molecule has 1 aromatic heterocycles. The Labute approximate surface area is 578 Å². The lowest BCUT2D eigenvalue weighted by Gasteiger charge is -2.27. The molecule has 10 atom stereocenters. The number of aliphatic carboxylic acids is 1. The number of unbranched alkanes of at least 4 members (excludes halogenated alkanes) is 1. The van der Waals surface area contributed by atoms with Gasteiger partial charge in [0.15, 0.2) is 0 Å². The second kappa shape index (κ2) is 39.7. The average molecular weight is 1410 g/mol. The number of hydrogen-bond acceptors (Lipinski definition) is 19. The summed E-state index contributed by atoms with van der Waals surface area (Å²) in [6, 6.07) is 3.83. The van der Waals surface area contributed by atoms with E-state index in [2.05, 4.69) is 74.1 Å². The van der Waals surface area contributed by atoms with Gasteiger partial charge in [-0.05, 0) is 80.0 Å². The van der Waals surface area contributed by atoms with Gasteiger partial charge in [-0.1, -0.05) is 74.5 Å². The molecule has 1 aliphatic rings. The van der Waals surface area contributed by atoms with Gasteiger partial charge in [0.05, 0.1) is 45.5 Å². The number of aromatic nitrogens is 1. The Bertz CT molecular complexity index is 3650. The van der Waals surface area contributed by atoms with Crippen LogP contribution in [0.3, 0.4) is 0 Å². The Kier molecular flexibility index (Phi) is 31.5. The molecule has 1 fully saturated rings. The number of hydrogen-bond donors (Lipinski definition) is 20. The number of nitrogens with two attached hydrogens (primary N) is 3. The Morgan fingerprint density at radius 3 is 1.83 bits per heavy atom. The molecule has 2 heterocycles. The minimum Gasteiger partial charge on any atom is -0.508 e. The third-order valence-electron chi connectivity index (χ3n) is 15.6. The number of benzene rings is 3. The third-order valence-corrected chi connectivity index (χ3v) is 15.6. The quantitative estimate of drug-likeness (QED) is 0.0216. The van der Waals surface area contributed by atoms with Crippen LogP contribution in [0, 0.1) is 5.92 Å². The predicted octanol–water partition coefficient (Wildman–Crippen LogP) is -6.48. The zero-order valence-corrected chi connectivity index (χ0v) is 55.6. The standard InChI is InChI=1S/C65H87N17O19/c1-33(2)21-42(61(96)81-48(65(100)101)23-35-11-5-4-6-12-35)74-54(89)30-72-58(93)45(25-50(67)85)79-59(94)41(15-9-10-20-66)77-64(99)49(32-83)82-63(98)47-27-52(87)70-29-53(88)75-43(22-36-16-18-38(84)19-17-36)57(92)71-31-55(90)76-46(26-51(68)86)60(95)73-34(3)56(91)78-44(62(97)80-47)24-37-28-69-40-14-8-7-13-39(37)40/h4-8,11-14,16-19,28,33-34,41-49,69,83-84H,9-10,15,20-27,29-32,66H2,1-3H3,(H2,67,85)(H2,68,86)(H,70,87)(H,71,92)(H,72,93)(H,73,95)(H,74,89)(H,75,88)(H,76,90)(H,77,99)(H,78,91)(H,79,94)(H,80,97)(H,81,96)(H,82,98)(H,100,101)/t34-,41-,42-,43-,44-,45-,46-,47-,48-,49-/m0/s1. The molecule has 0 bridgehead atoms. The number of para-hydroxylation sites is 1. The lowest BCUT2D eigenvalue weighted by atomic mass is 10.0. The summed E-state index contributed by atoms with van der Waals surface area (Å²) in [7, 11) is 0. The topological polar surface area (TPSA) is 584 Å². The third kappa shape index (κ3) is 27.0. The van der Waals surface area contributed by atoms with Crippen LogP contribution in [0.15, 0.2) is 85.1 Å². The van der Waals surface area contributed by atoms with E-state index in [4.69, 9.17) is 17.2 Å². The van der Waals surface area contributed by atoms with E-state index in [-0.39, 0.29) is 63.2 Å². The Morgan fingerprint density at radius 1 is 0.584 bits per heavy atom. The summed E-state index contributed by atoms with van der Waals surface area (Å²) in [6.45, 7) is 0.888. The van der Waals surface area contributed by atoms with Crippen LogP contribution < -0.4 is 86.3 Å². The molecule has 0 saturated carbocycles. The first-order valence-corrected chi connectivity index (χ1v) is 32.2. The molecule has 4 aromatic rings. The number of carboxylic acid groups (broad SMARTS) is 1. The molecule has 36 nitrogen and oxygen atoms in total. The number of aliphatic hydroxyl groups is 1. The van der Waals surface area contributed by atoms with E-state index in [1.54, 1.807) is 68.4 Å². The number of nitrogens with one attached hydrogen (secondary N) is 14. The van der Waals surface area contributed by atoms with Gasteiger partial charge in [0.1, 0.15) is 66.2 Å². The number of carbonyl (C=O) groups excluding carboxylic acids is 15. The molecule has 15 amide bonds. The van der Waals surface area contributed by atoms with Crippen molar-refractivity contribution in [3.63, 3.8) is 0 Å². The van der Waals surface area contributed by atoms with Gasteiger partial charge in [0.2, 0.25) is 88.6 Å². The van der Waals surface area contributed by atoms with E-state index < -0.39 is 200 Å². The Morgan fingerprint density at radius 2 is 1.19 bits per heavy atom. The fourth-order valence-electron chi connectivity index (χ4n) is 10.3. The molecule has 0 aliphatic carbocycles. The number of H-pyrrole nitrogens is 1. The van der Waals surface area contributed by atoms with E-state index in [1.807, 2.05) is 0 Å². The number of aliphatic hydroxyl groups excluding tert-OH is 1. The van der Waals surface area contributed by atoms with Crippen molar-refractivity contribution in [1.82, 2.24) is 74.1 Å². The highest BCUT2D eigenvalue weighted by Gasteiger charge is 2.37. The summed E-state index contributed by atoms with van der Waals surface area (Å²) in [6.07, 6.45) is -1.79. The van der Waals surface area contributed by atoms with Crippen LogP contribution in [0.2, 0.25) is 0 Å². The summed E-state index contributed by atoms with van der Waals surface area (Å²) in [5, 5.41) is 61.5. The molecule has 36 heteroatoms. The molecule has 546 valence electrons. The van der Waals surface area contributed by atoms with E-state index >= 15 is 0 Å². The maximum Gasteiger partial charge on any atom is 0.326 e. The minimum atomic E-state index is -2.08. The minimum absolute atomic E-state index is 0.0290. The van der Waals surface area contributed by atoms with Gasteiger partial charge in [-0.2, -0.15) is 0 Å². The number of amides is 15. The SMILES string of the molecule is CC(C)C[C@H](NC(=O)CNC(=O)[C@H](CC(N)=O)NC(=O)[C@H](CCCCN)NC(=O)[C@H](CO)NC(=O)[C@@H]1CC(=O)NCC(=O)N[C@@H](Cc2ccc(O)cc2)C(=O)NCC(=O)N[C@@H](CC(N)=O)C(=O)N[C@@H](C)C(=O)N[C@@H](Cc2c[nH]c3ccccc23)C(=O)N1)C(=O)N[C@@H](Cc1ccccc1)C(=O)O. The normalized spacial score (nSPS) is 18.9. The molecule has 1 saturated heterocycles. The molecular weight excluding hydrogens is 1320 g/mol. The number of fused-ring (bicyclic) bond motifs is 1. The molecule has 3 aromatic carbocycles. The van der Waals surface area contributed by atoms with Crippen molar-refractivity contribution in [2.45, 2.75) is 145 Å². The maximum atomic E-state index is 14.7. The lowest BCUT2D eigenvalue weighted by molar-refractivity contribution is -0.142. The fourth-order valence-corrected chi connectivity index (χ4v) is 10.3. The summed E-state index contributed by atoms with van der Waals surface area (Å²) in [5.74, 6) is -18.2. The van der Waals surface area contributed by atoms with Crippen molar-refractivity contribution in [3.05, 3.63) is 102 Å². The molecule has 1 aliphatic heterocycles. The highest BCUT2D eigenvalue weighted by atomic mass is 16.4. The summed E-state index contributed by atoms with van der Waals surface area (Å²) < 4.78 is 0. The molecule has 23 N–H and O–H groups in total. The van der Waals surface area contributed by atoms with Crippen LogP contribution in [0.4, 0.5) is 0 Å². The molecule has 0 spiro atoms. The van der Waals surface area contributed by atoms with Gasteiger partial charge < -0.3 is 107 Å². The van der Waals surface area contributed by atoms with Crippen LogP contribution >= 0.6 is 0 Å². The monoisotopic (exact) mass is 1410 g/mol. The van der Waals surface area contributed by atoms with Crippen LogP contribution in [-0.4, -0.2) is 208 Å². The molecule has 101 heavy (non-hydrogen) atoms. The van der Waals surface area contributed by atoms with E-state index in [0.29, 0.717) is 27.6 Å². The molecule has 0 radical (unpaired) electrons. The number of phenolic OH excluding ortho intramolecular Hbond substituents is 1. The second-order valence-electron chi connectivity index (χ2n) is 24.3. The highest BCUT2D eigenvalue weighted by Crippen LogP contribution is 2.20. The Balaban J connectivity index is 1.40. The van der Waals surface area contributed by atoms with Gasteiger partial charge in [-0.15, -0.1) is 0 Å². The van der Waals surface area contributed by atoms with Gasteiger partial charge in [0, 0.05) is 36.4 Å². The largest absolute Gasteiger partial charge is 0.508 e. The first-order chi connectivity index (χ1) is 47.9. The smallest absolute Gasteiger partial charge is 0.326 e. The van der Waals surface area contributed by atoms with Crippen molar-refractivity contribution >= 4 is 105 Å². The fraction of sp³-hybridized carbons (Fsp3) is 0.446. The van der Waals surface area contributed by atoms with Crippen molar-refractivity contribution in [1.29, 1.82) is 0 Å². The maximum absolute atomic E-state index is 14.7. The zero-order chi connectivity index (χ0) is 74.5. The molecular formula is C65H87N17O19. The van der Waals surface area contributed by atoms with Crippen LogP contribution in [0.5, 0.6) is 5.75 Å². The first kappa shape index (κ1) is 80.1. The number of carbonyl (C=O) groups is 16. The number of primary amides is 2. The summed E-state index contributed by atoms with van der Waals surface area (Å²) in [4.78, 5) is 220. The zero-order valence-electron chi connectivity index (χ0n) is 55.6. The first-order valence-electron chi connectivity index (χ1n) is 32.2. The number of aromatic amines is 1. The predicted molar refractivity (Wildman–Crippen MR) is 357 cm³/mol. The van der Waals surface area contributed by atoms with Crippen LogP contribution in [-0.2, 0) is 96.0 Å². The molecule has 5 rings (SSSR count). The van der Waals surface area contributed by atoms with Crippen molar-refractivity contribution in [3.8, 4) is 5.75 Å². The number of carboxylic acids is 1. The second-order valence-corrected chi connectivity index (χ2v) is 24.3. The van der Waals surface area contributed by atoms with Crippen molar-refractivity contribution in [2.75, 3.05) is 32.8 Å². The summed E-state index contributed by atoms with van der Waals surface area (Å²) >= 11 is 0. The van der Waals surface area contributed by atoms with Crippen LogP contribution in [0.1, 0.15) is 82.4 Å². The van der Waals surface area contributed by atoms with Crippen molar-refractivity contribution in [2.24, 2.45) is 23.1 Å². The number of rotatable bonds is 30. The van der Waals surface area contributed by atoms with Gasteiger partial charge in [-0.3, -0.25) is 71.9 Å². The van der Waals surface area contributed by atoms with Gasteiger partial charge in [0.25, 0.3) is 0 Å². The average Bonchev–Trinajstić information content (AvgIpc) is 1.72. The van der Waals surface area contributed by atoms with E-state index in [9.17, 15) is 92.0 Å². The van der Waals surface area contributed by atoms with Gasteiger partial charge in [-0.25, -0.2) is 4.79 Å². The highest BCUT2D eigenvalue weighted by molar-refractivity contribution is 6.01. The summed E-state index contributed by atoms with van der Waals surface area (Å²) in [5.41, 5.74) is 18.6. The number of phenols is 1. The Hall–Kier alpha value is -11.6. The van der Waals surface area contributed by atoms with E-state index in [0.717, 1.165) is 0 Å². The van der Waals surface area contributed by atoms with Crippen molar-refractivity contribution < 1.29 is 92.0 Å².